The fourth-order valence-corrected chi connectivity index (χ4v) is 1.75. The number of rotatable bonds is 1. The fourth-order valence-electron chi connectivity index (χ4n) is 1.75. The quantitative estimate of drug-likeness (QED) is 0.636. The molecule has 2 rings (SSSR count). The first-order chi connectivity index (χ1) is 6.27. The summed E-state index contributed by atoms with van der Waals surface area (Å²) in [5.74, 6) is 0. The smallest absolute Gasteiger partial charge is 0.128 e. The van der Waals surface area contributed by atoms with Crippen LogP contribution in [-0.4, -0.2) is 24.2 Å². The molecular weight excluding hydrogens is 160 g/mol. The minimum absolute atomic E-state index is 0.237. The van der Waals surface area contributed by atoms with E-state index in [1.165, 1.54) is 11.3 Å². The van der Waals surface area contributed by atoms with Crippen LogP contribution in [0.2, 0.25) is 0 Å². The maximum Gasteiger partial charge on any atom is 0.128 e. The average molecular weight is 174 g/mol. The summed E-state index contributed by atoms with van der Waals surface area (Å²) in [6, 6.07) is 10.4. The Morgan fingerprint density at radius 2 is 2.00 bits per heavy atom. The molecule has 0 saturated carbocycles. The molecule has 1 aliphatic heterocycles. The normalized spacial score (nSPS) is 23.2. The first-order valence-electron chi connectivity index (χ1n) is 4.56. The molecule has 1 heterocycles. The van der Waals surface area contributed by atoms with E-state index in [1.807, 2.05) is 6.07 Å². The molecule has 0 amide bonds. The molecule has 1 atom stereocenters. The molecule has 0 N–H and O–H groups in total. The molecule has 0 aromatic heterocycles. The summed E-state index contributed by atoms with van der Waals surface area (Å²) in [6.07, 6.45) is 0.237. The van der Waals surface area contributed by atoms with Gasteiger partial charge in [-0.25, -0.2) is 0 Å². The highest BCUT2D eigenvalue weighted by molar-refractivity contribution is 5.85. The van der Waals surface area contributed by atoms with Gasteiger partial charge in [0.15, 0.2) is 0 Å². The summed E-state index contributed by atoms with van der Waals surface area (Å²) in [5, 5.41) is 0. The van der Waals surface area contributed by atoms with Crippen molar-refractivity contribution in [1.29, 1.82) is 0 Å². The standard InChI is InChI=1S/C11H14N2/c1-9-8-13(2)11(12-9)10-6-4-3-5-7-10/h3-7,11H,8H2,1-2H3. The lowest BCUT2D eigenvalue weighted by Gasteiger charge is -2.17. The summed E-state index contributed by atoms with van der Waals surface area (Å²) >= 11 is 0. The van der Waals surface area contributed by atoms with Crippen molar-refractivity contribution in [3.8, 4) is 0 Å². The van der Waals surface area contributed by atoms with Crippen molar-refractivity contribution in [3.05, 3.63) is 35.9 Å². The van der Waals surface area contributed by atoms with Crippen molar-refractivity contribution in [2.45, 2.75) is 13.1 Å². The minimum atomic E-state index is 0.237. The monoisotopic (exact) mass is 174 g/mol. The van der Waals surface area contributed by atoms with E-state index in [4.69, 9.17) is 0 Å². The molecule has 0 spiro atoms. The number of benzene rings is 1. The topological polar surface area (TPSA) is 15.6 Å². The van der Waals surface area contributed by atoms with Crippen LogP contribution in [0.5, 0.6) is 0 Å². The van der Waals surface area contributed by atoms with E-state index in [-0.39, 0.29) is 6.17 Å². The SMILES string of the molecule is CC1=NC(c2ccccc2)N(C)C1. The van der Waals surface area contributed by atoms with Gasteiger partial charge in [-0.05, 0) is 19.5 Å². The van der Waals surface area contributed by atoms with Gasteiger partial charge < -0.3 is 0 Å². The molecule has 1 aliphatic rings. The average Bonchev–Trinajstić information content (AvgIpc) is 2.47. The van der Waals surface area contributed by atoms with E-state index in [0.717, 1.165) is 6.54 Å². The molecule has 0 radical (unpaired) electrons. The molecule has 0 fully saturated rings. The van der Waals surface area contributed by atoms with Crippen molar-refractivity contribution in [2.75, 3.05) is 13.6 Å². The maximum absolute atomic E-state index is 4.58. The van der Waals surface area contributed by atoms with Crippen LogP contribution in [0.4, 0.5) is 0 Å². The van der Waals surface area contributed by atoms with E-state index < -0.39 is 0 Å². The van der Waals surface area contributed by atoms with Gasteiger partial charge in [0.05, 0.1) is 0 Å². The Bertz CT molecular complexity index is 316. The van der Waals surface area contributed by atoms with Gasteiger partial charge in [-0.15, -0.1) is 0 Å². The number of nitrogens with zero attached hydrogens (tertiary/aromatic N) is 2. The third kappa shape index (κ3) is 1.63. The van der Waals surface area contributed by atoms with Crippen LogP contribution < -0.4 is 0 Å². The molecule has 0 saturated heterocycles. The lowest BCUT2D eigenvalue weighted by atomic mass is 10.2. The molecule has 0 bridgehead atoms. The minimum Gasteiger partial charge on any atom is -0.276 e. The highest BCUT2D eigenvalue weighted by atomic mass is 15.3. The van der Waals surface area contributed by atoms with E-state index in [9.17, 15) is 0 Å². The van der Waals surface area contributed by atoms with Crippen LogP contribution in [0.25, 0.3) is 0 Å². The van der Waals surface area contributed by atoms with Crippen LogP contribution in [0.1, 0.15) is 18.7 Å². The number of aliphatic imine (C=N–C) groups is 1. The van der Waals surface area contributed by atoms with Gasteiger partial charge in [-0.3, -0.25) is 9.89 Å². The van der Waals surface area contributed by atoms with E-state index in [1.54, 1.807) is 0 Å². The number of hydrogen-bond donors (Lipinski definition) is 0. The summed E-state index contributed by atoms with van der Waals surface area (Å²) in [4.78, 5) is 6.84. The first kappa shape index (κ1) is 8.45. The van der Waals surface area contributed by atoms with E-state index >= 15 is 0 Å². The second-order valence-corrected chi connectivity index (χ2v) is 3.56. The second kappa shape index (κ2) is 3.30. The summed E-state index contributed by atoms with van der Waals surface area (Å²) in [6.45, 7) is 3.07. The Balaban J connectivity index is 2.27. The van der Waals surface area contributed by atoms with Crippen molar-refractivity contribution in [1.82, 2.24) is 4.90 Å². The third-order valence-corrected chi connectivity index (χ3v) is 2.34. The second-order valence-electron chi connectivity index (χ2n) is 3.56. The van der Waals surface area contributed by atoms with Crippen molar-refractivity contribution >= 4 is 5.71 Å². The highest BCUT2D eigenvalue weighted by Gasteiger charge is 2.21. The van der Waals surface area contributed by atoms with Crippen LogP contribution in [0.3, 0.4) is 0 Å². The van der Waals surface area contributed by atoms with Gasteiger partial charge in [0.1, 0.15) is 6.17 Å². The van der Waals surface area contributed by atoms with Crippen molar-refractivity contribution in [3.63, 3.8) is 0 Å². The predicted octanol–water partition coefficient (Wildman–Crippen LogP) is 2.09. The largest absolute Gasteiger partial charge is 0.276 e. The third-order valence-electron chi connectivity index (χ3n) is 2.34. The van der Waals surface area contributed by atoms with E-state index in [0.29, 0.717) is 0 Å². The summed E-state index contributed by atoms with van der Waals surface area (Å²) < 4.78 is 0. The summed E-state index contributed by atoms with van der Waals surface area (Å²) in [5.41, 5.74) is 2.50. The maximum atomic E-state index is 4.58. The van der Waals surface area contributed by atoms with Gasteiger partial charge in [-0.2, -0.15) is 0 Å². The van der Waals surface area contributed by atoms with Crippen LogP contribution in [0.15, 0.2) is 35.3 Å². The van der Waals surface area contributed by atoms with Crippen LogP contribution >= 0.6 is 0 Å². The number of hydrogen-bond acceptors (Lipinski definition) is 2. The lowest BCUT2D eigenvalue weighted by Crippen LogP contribution is -2.20. The zero-order valence-corrected chi connectivity index (χ0v) is 8.07. The molecule has 1 aromatic carbocycles. The first-order valence-corrected chi connectivity index (χ1v) is 4.56. The summed E-state index contributed by atoms with van der Waals surface area (Å²) in [7, 11) is 2.11. The van der Waals surface area contributed by atoms with Crippen LogP contribution in [-0.2, 0) is 0 Å². The Morgan fingerprint density at radius 3 is 2.54 bits per heavy atom. The molecule has 68 valence electrons. The zero-order chi connectivity index (χ0) is 9.26. The van der Waals surface area contributed by atoms with Crippen LogP contribution in [0, 0.1) is 0 Å². The molecule has 2 nitrogen and oxygen atoms in total. The molecule has 13 heavy (non-hydrogen) atoms. The van der Waals surface area contributed by atoms with Gasteiger partial charge in [0, 0.05) is 12.3 Å². The Hall–Kier alpha value is -1.15. The lowest BCUT2D eigenvalue weighted by molar-refractivity contribution is 0.313. The predicted molar refractivity (Wildman–Crippen MR) is 54.9 cm³/mol. The van der Waals surface area contributed by atoms with Crippen molar-refractivity contribution < 1.29 is 0 Å². The Labute approximate surface area is 78.9 Å². The molecule has 2 heteroatoms. The van der Waals surface area contributed by atoms with Gasteiger partial charge >= 0.3 is 0 Å². The fraction of sp³-hybridized carbons (Fsp3) is 0.364. The van der Waals surface area contributed by atoms with Gasteiger partial charge in [-0.1, -0.05) is 30.3 Å². The Morgan fingerprint density at radius 1 is 1.31 bits per heavy atom. The molecule has 0 aliphatic carbocycles. The van der Waals surface area contributed by atoms with E-state index in [2.05, 4.69) is 48.1 Å². The molecule has 1 unspecified atom stereocenters. The highest BCUT2D eigenvalue weighted by Crippen LogP contribution is 2.24. The van der Waals surface area contributed by atoms with Crippen molar-refractivity contribution in [2.24, 2.45) is 4.99 Å². The Kier molecular flexibility index (Phi) is 2.15. The molecule has 1 aromatic rings. The van der Waals surface area contributed by atoms with Gasteiger partial charge in [0.2, 0.25) is 0 Å². The molecular formula is C11H14N2. The zero-order valence-electron chi connectivity index (χ0n) is 8.07. The van der Waals surface area contributed by atoms with Gasteiger partial charge in [0.25, 0.3) is 0 Å².